The van der Waals surface area contributed by atoms with Gasteiger partial charge in [0.25, 0.3) is 0 Å². The quantitative estimate of drug-likeness (QED) is 0.667. The van der Waals surface area contributed by atoms with Gasteiger partial charge >= 0.3 is 5.97 Å². The molecule has 5 heteroatoms. The zero-order valence-electron chi connectivity index (χ0n) is 12.8. The number of piperidine rings is 1. The molecule has 1 unspecified atom stereocenters. The summed E-state index contributed by atoms with van der Waals surface area (Å²) in [7, 11) is 0. The van der Waals surface area contributed by atoms with Gasteiger partial charge in [0, 0.05) is 31.1 Å². The first-order valence-corrected chi connectivity index (χ1v) is 7.58. The maximum atomic E-state index is 11.9. The van der Waals surface area contributed by atoms with Gasteiger partial charge in [0.15, 0.2) is 0 Å². The lowest BCUT2D eigenvalue weighted by Gasteiger charge is -2.34. The van der Waals surface area contributed by atoms with E-state index in [1.807, 2.05) is 19.1 Å². The molecule has 1 aromatic carbocycles. The summed E-state index contributed by atoms with van der Waals surface area (Å²) in [6, 6.07) is 5.54. The first kappa shape index (κ1) is 15.6. The van der Waals surface area contributed by atoms with E-state index in [0.29, 0.717) is 17.9 Å². The van der Waals surface area contributed by atoms with Crippen molar-refractivity contribution < 1.29 is 14.3 Å². The molecule has 1 aliphatic rings. The molecule has 0 saturated carbocycles. The van der Waals surface area contributed by atoms with Gasteiger partial charge in [-0.05, 0) is 44.9 Å². The molecule has 1 aromatic rings. The smallest absolute Gasteiger partial charge is 0.340 e. The van der Waals surface area contributed by atoms with Crippen molar-refractivity contribution in [2.45, 2.75) is 32.8 Å². The van der Waals surface area contributed by atoms with Gasteiger partial charge in [0.1, 0.15) is 0 Å². The largest absolute Gasteiger partial charge is 0.462 e. The Morgan fingerprint density at radius 3 is 2.90 bits per heavy atom. The average molecular weight is 292 g/mol. The van der Waals surface area contributed by atoms with Crippen LogP contribution in [-0.2, 0) is 9.47 Å². The van der Waals surface area contributed by atoms with Crippen LogP contribution in [0.3, 0.4) is 0 Å². The molecule has 1 aliphatic heterocycles. The van der Waals surface area contributed by atoms with Gasteiger partial charge in [-0.15, -0.1) is 0 Å². The third-order valence-electron chi connectivity index (χ3n) is 3.68. The summed E-state index contributed by atoms with van der Waals surface area (Å²) in [5.74, 6) is -0.366. The first-order chi connectivity index (χ1) is 10.2. The third-order valence-corrected chi connectivity index (χ3v) is 3.68. The van der Waals surface area contributed by atoms with E-state index in [1.165, 1.54) is 0 Å². The fourth-order valence-electron chi connectivity index (χ4n) is 2.67. The summed E-state index contributed by atoms with van der Waals surface area (Å²) in [5, 5.41) is 0. The van der Waals surface area contributed by atoms with Crippen LogP contribution in [0.1, 0.15) is 37.0 Å². The Hall–Kier alpha value is -1.75. The number of ether oxygens (including phenoxy) is 2. The second-order valence-corrected chi connectivity index (χ2v) is 5.16. The lowest BCUT2D eigenvalue weighted by molar-refractivity contribution is 0.0526. The van der Waals surface area contributed by atoms with Gasteiger partial charge in [-0.3, -0.25) is 0 Å². The van der Waals surface area contributed by atoms with Crippen LogP contribution in [0.15, 0.2) is 18.2 Å². The second-order valence-electron chi connectivity index (χ2n) is 5.16. The number of hydrogen-bond acceptors (Lipinski definition) is 5. The molecule has 1 heterocycles. The van der Waals surface area contributed by atoms with Gasteiger partial charge in [0.05, 0.1) is 18.3 Å². The summed E-state index contributed by atoms with van der Waals surface area (Å²) in [5.41, 5.74) is 7.77. The number of anilines is 2. The molecular weight excluding hydrogens is 268 g/mol. The minimum absolute atomic E-state index is 0.257. The first-order valence-electron chi connectivity index (χ1n) is 7.58. The van der Waals surface area contributed by atoms with E-state index in [1.54, 1.807) is 13.0 Å². The van der Waals surface area contributed by atoms with Crippen molar-refractivity contribution in [3.63, 3.8) is 0 Å². The normalized spacial score (nSPS) is 18.6. The zero-order valence-corrected chi connectivity index (χ0v) is 12.8. The van der Waals surface area contributed by atoms with Crippen LogP contribution in [0.4, 0.5) is 11.4 Å². The van der Waals surface area contributed by atoms with E-state index in [-0.39, 0.29) is 12.1 Å². The Morgan fingerprint density at radius 1 is 1.38 bits per heavy atom. The Morgan fingerprint density at radius 2 is 2.19 bits per heavy atom. The van der Waals surface area contributed by atoms with E-state index in [2.05, 4.69) is 4.90 Å². The van der Waals surface area contributed by atoms with Gasteiger partial charge in [-0.1, -0.05) is 0 Å². The fourth-order valence-corrected chi connectivity index (χ4v) is 2.67. The van der Waals surface area contributed by atoms with Crippen LogP contribution < -0.4 is 10.6 Å². The highest BCUT2D eigenvalue weighted by Gasteiger charge is 2.21. The maximum absolute atomic E-state index is 11.9. The molecule has 0 amide bonds. The van der Waals surface area contributed by atoms with Crippen LogP contribution in [0.25, 0.3) is 0 Å². The number of nitrogens with two attached hydrogens (primary N) is 1. The average Bonchev–Trinajstić information content (AvgIpc) is 2.48. The molecule has 116 valence electrons. The van der Waals surface area contributed by atoms with E-state index in [4.69, 9.17) is 15.2 Å². The summed E-state index contributed by atoms with van der Waals surface area (Å²) < 4.78 is 10.8. The van der Waals surface area contributed by atoms with Crippen LogP contribution in [0, 0.1) is 0 Å². The predicted molar refractivity (Wildman–Crippen MR) is 83.7 cm³/mol. The van der Waals surface area contributed by atoms with Crippen LogP contribution in [0.2, 0.25) is 0 Å². The number of benzene rings is 1. The van der Waals surface area contributed by atoms with Crippen LogP contribution in [-0.4, -0.2) is 38.4 Å². The van der Waals surface area contributed by atoms with Crippen LogP contribution in [0.5, 0.6) is 0 Å². The predicted octanol–water partition coefficient (Wildman–Crippen LogP) is 2.45. The fraction of sp³-hybridized carbons (Fsp3) is 0.562. The Bertz CT molecular complexity index is 488. The zero-order chi connectivity index (χ0) is 15.2. The minimum atomic E-state index is -0.366. The molecule has 0 aliphatic carbocycles. The number of nitrogens with zero attached hydrogens (tertiary/aromatic N) is 1. The molecule has 0 aromatic heterocycles. The second kappa shape index (κ2) is 7.31. The molecule has 0 radical (unpaired) electrons. The highest BCUT2D eigenvalue weighted by molar-refractivity contribution is 5.96. The molecular formula is C16H24N2O3. The van der Waals surface area contributed by atoms with Gasteiger partial charge in [-0.2, -0.15) is 0 Å². The summed E-state index contributed by atoms with van der Waals surface area (Å²) in [4.78, 5) is 14.2. The maximum Gasteiger partial charge on any atom is 0.340 e. The number of nitrogen functional groups attached to an aromatic ring is 1. The molecule has 2 rings (SSSR count). The summed E-state index contributed by atoms with van der Waals surface area (Å²) in [6.45, 7) is 6.69. The van der Waals surface area contributed by atoms with E-state index in [9.17, 15) is 4.79 Å². The minimum Gasteiger partial charge on any atom is -0.462 e. The van der Waals surface area contributed by atoms with Crippen molar-refractivity contribution in [3.05, 3.63) is 23.8 Å². The number of hydrogen-bond donors (Lipinski definition) is 1. The Kier molecular flexibility index (Phi) is 5.44. The molecule has 1 atom stereocenters. The van der Waals surface area contributed by atoms with Crippen molar-refractivity contribution in [1.82, 2.24) is 0 Å². The van der Waals surface area contributed by atoms with Gasteiger partial charge in [-0.25, -0.2) is 4.79 Å². The van der Waals surface area contributed by atoms with Gasteiger partial charge < -0.3 is 20.1 Å². The Labute approximate surface area is 126 Å². The Balaban J connectivity index is 2.16. The monoisotopic (exact) mass is 292 g/mol. The summed E-state index contributed by atoms with van der Waals surface area (Å²) >= 11 is 0. The molecule has 1 saturated heterocycles. The van der Waals surface area contributed by atoms with Crippen molar-refractivity contribution in [2.24, 2.45) is 0 Å². The molecule has 0 bridgehead atoms. The molecule has 21 heavy (non-hydrogen) atoms. The standard InChI is InChI=1S/C16H24N2O3/c1-3-20-13-6-5-9-18(11-13)12-7-8-15(17)14(10-12)16(19)21-4-2/h7-8,10,13H,3-6,9,11,17H2,1-2H3. The number of rotatable bonds is 5. The number of carbonyl (C=O) groups excluding carboxylic acids is 1. The third kappa shape index (κ3) is 3.88. The lowest BCUT2D eigenvalue weighted by atomic mass is 10.1. The van der Waals surface area contributed by atoms with Crippen molar-refractivity contribution in [2.75, 3.05) is 36.9 Å². The highest BCUT2D eigenvalue weighted by Crippen LogP contribution is 2.25. The molecule has 2 N–H and O–H groups in total. The van der Waals surface area contributed by atoms with Crippen molar-refractivity contribution in [1.29, 1.82) is 0 Å². The van der Waals surface area contributed by atoms with Crippen molar-refractivity contribution in [3.8, 4) is 0 Å². The number of carbonyl (C=O) groups is 1. The van der Waals surface area contributed by atoms with Gasteiger partial charge in [0.2, 0.25) is 0 Å². The van der Waals surface area contributed by atoms with Crippen molar-refractivity contribution >= 4 is 17.3 Å². The topological polar surface area (TPSA) is 64.8 Å². The molecule has 0 spiro atoms. The van der Waals surface area contributed by atoms with E-state index < -0.39 is 0 Å². The molecule has 1 fully saturated rings. The lowest BCUT2D eigenvalue weighted by Crippen LogP contribution is -2.39. The summed E-state index contributed by atoms with van der Waals surface area (Å²) in [6.07, 6.45) is 2.43. The SMILES string of the molecule is CCOC(=O)c1cc(N2CCCC(OCC)C2)ccc1N. The molecule has 5 nitrogen and oxygen atoms in total. The highest BCUT2D eigenvalue weighted by atomic mass is 16.5. The van der Waals surface area contributed by atoms with E-state index in [0.717, 1.165) is 38.2 Å². The van der Waals surface area contributed by atoms with Crippen LogP contribution >= 0.6 is 0 Å². The van der Waals surface area contributed by atoms with E-state index >= 15 is 0 Å². The number of esters is 1.